The van der Waals surface area contributed by atoms with Crippen molar-refractivity contribution in [1.82, 2.24) is 0 Å². The summed E-state index contributed by atoms with van der Waals surface area (Å²) < 4.78 is 13.0. The monoisotopic (exact) mass is 292 g/mol. The molecule has 16 heavy (non-hydrogen) atoms. The highest BCUT2D eigenvalue weighted by Crippen LogP contribution is 2.24. The van der Waals surface area contributed by atoms with Gasteiger partial charge in [0.2, 0.25) is 0 Å². The van der Waals surface area contributed by atoms with Crippen LogP contribution < -0.4 is 0 Å². The fourth-order valence-electron chi connectivity index (χ4n) is 1.46. The van der Waals surface area contributed by atoms with Crippen molar-refractivity contribution < 1.29 is 19.7 Å². The van der Waals surface area contributed by atoms with Gasteiger partial charge in [0.05, 0.1) is 12.7 Å². The molecule has 3 N–H and O–H groups in total. The van der Waals surface area contributed by atoms with Crippen LogP contribution in [-0.4, -0.2) is 26.8 Å². The number of benzene rings is 1. The van der Waals surface area contributed by atoms with E-state index in [1.165, 1.54) is 12.1 Å². The third kappa shape index (κ3) is 3.25. The first-order valence-electron chi connectivity index (χ1n) is 4.91. The first-order chi connectivity index (χ1) is 7.60. The lowest BCUT2D eigenvalue weighted by atomic mass is 9.97. The van der Waals surface area contributed by atoms with Crippen LogP contribution in [0, 0.1) is 5.82 Å². The van der Waals surface area contributed by atoms with Crippen molar-refractivity contribution in [2.24, 2.45) is 0 Å². The third-order valence-corrected chi connectivity index (χ3v) is 2.82. The minimum absolute atomic E-state index is 0.232. The highest BCUT2D eigenvalue weighted by Gasteiger charge is 2.20. The number of alkyl halides is 1. The van der Waals surface area contributed by atoms with Crippen LogP contribution in [0.15, 0.2) is 18.2 Å². The second-order valence-corrected chi connectivity index (χ2v) is 4.28. The minimum Gasteiger partial charge on any atom is -0.392 e. The van der Waals surface area contributed by atoms with E-state index in [1.807, 2.05) is 0 Å². The fraction of sp³-hybridized carbons (Fsp3) is 0.455. The molecule has 0 aromatic heterocycles. The minimum atomic E-state index is -1.18. The molecular formula is C11H14BrFO3. The molecule has 90 valence electrons. The summed E-state index contributed by atoms with van der Waals surface area (Å²) in [5.74, 6) is -0.503. The fourth-order valence-corrected chi connectivity index (χ4v) is 1.93. The number of aliphatic hydroxyl groups is 3. The van der Waals surface area contributed by atoms with E-state index in [0.717, 1.165) is 6.07 Å². The summed E-state index contributed by atoms with van der Waals surface area (Å²) in [4.78, 5) is 0. The lowest BCUT2D eigenvalue weighted by Gasteiger charge is -2.19. The lowest BCUT2D eigenvalue weighted by molar-refractivity contribution is 0.0161. The molecule has 0 saturated carbocycles. The molecule has 0 aliphatic rings. The zero-order chi connectivity index (χ0) is 12.1. The largest absolute Gasteiger partial charge is 0.392 e. The van der Waals surface area contributed by atoms with E-state index >= 15 is 0 Å². The Morgan fingerprint density at radius 2 is 2.00 bits per heavy atom. The van der Waals surface area contributed by atoms with Gasteiger partial charge in [-0.3, -0.25) is 0 Å². The van der Waals surface area contributed by atoms with Crippen LogP contribution >= 0.6 is 15.9 Å². The summed E-state index contributed by atoms with van der Waals surface area (Å²) in [6, 6.07) is 3.74. The molecule has 0 amide bonds. The Morgan fingerprint density at radius 3 is 2.56 bits per heavy atom. The van der Waals surface area contributed by atoms with Crippen molar-refractivity contribution in [2.45, 2.75) is 25.2 Å². The molecule has 0 fully saturated rings. The van der Waals surface area contributed by atoms with E-state index in [-0.39, 0.29) is 12.2 Å². The predicted octanol–water partition coefficient (Wildman–Crippen LogP) is 1.50. The number of hydrogen-bond donors (Lipinski definition) is 3. The van der Waals surface area contributed by atoms with Crippen molar-refractivity contribution in [2.75, 3.05) is 5.33 Å². The SMILES string of the molecule is OCc1ccc(F)cc1C(O)C(O)CCBr. The van der Waals surface area contributed by atoms with Crippen LogP contribution in [0.2, 0.25) is 0 Å². The van der Waals surface area contributed by atoms with Gasteiger partial charge >= 0.3 is 0 Å². The van der Waals surface area contributed by atoms with Gasteiger partial charge in [0, 0.05) is 5.33 Å². The molecule has 0 spiro atoms. The van der Waals surface area contributed by atoms with Gasteiger partial charge in [-0.2, -0.15) is 0 Å². The third-order valence-electron chi connectivity index (χ3n) is 2.37. The van der Waals surface area contributed by atoms with E-state index in [9.17, 15) is 14.6 Å². The molecule has 0 aliphatic heterocycles. The van der Waals surface area contributed by atoms with Gasteiger partial charge in [-0.25, -0.2) is 4.39 Å². The zero-order valence-electron chi connectivity index (χ0n) is 8.61. The second kappa shape index (κ2) is 6.30. The molecule has 0 aliphatic carbocycles. The Balaban J connectivity index is 2.96. The molecule has 1 aromatic carbocycles. The summed E-state index contributed by atoms with van der Waals surface area (Å²) in [6.45, 7) is -0.298. The van der Waals surface area contributed by atoms with Crippen LogP contribution in [0.3, 0.4) is 0 Å². The Bertz CT molecular complexity index is 346. The number of hydrogen-bond acceptors (Lipinski definition) is 3. The Kier molecular flexibility index (Phi) is 5.34. The standard InChI is InChI=1S/C11H14BrFO3/c12-4-3-10(15)11(16)9-5-8(13)2-1-7(9)6-14/h1-2,5,10-11,14-16H,3-4,6H2. The van der Waals surface area contributed by atoms with E-state index in [4.69, 9.17) is 5.11 Å². The van der Waals surface area contributed by atoms with Crippen LogP contribution in [0.1, 0.15) is 23.7 Å². The molecule has 0 radical (unpaired) electrons. The maximum Gasteiger partial charge on any atom is 0.123 e. The molecule has 2 unspecified atom stereocenters. The number of aliphatic hydroxyl groups excluding tert-OH is 3. The van der Waals surface area contributed by atoms with E-state index in [1.54, 1.807) is 0 Å². The van der Waals surface area contributed by atoms with Crippen molar-refractivity contribution in [3.05, 3.63) is 35.1 Å². The first-order valence-corrected chi connectivity index (χ1v) is 6.03. The van der Waals surface area contributed by atoms with Gasteiger partial charge in [0.1, 0.15) is 11.9 Å². The number of rotatable bonds is 5. The van der Waals surface area contributed by atoms with Gasteiger partial charge in [-0.05, 0) is 29.7 Å². The van der Waals surface area contributed by atoms with Crippen molar-refractivity contribution in [1.29, 1.82) is 0 Å². The average molecular weight is 293 g/mol. The molecule has 5 heteroatoms. The molecule has 0 saturated heterocycles. The van der Waals surface area contributed by atoms with Crippen LogP contribution in [0.25, 0.3) is 0 Å². The summed E-state index contributed by atoms with van der Waals surface area (Å²) in [5, 5.41) is 29.0. The average Bonchev–Trinajstić information content (AvgIpc) is 2.28. The van der Waals surface area contributed by atoms with Gasteiger partial charge in [0.25, 0.3) is 0 Å². The Hall–Kier alpha value is -0.490. The van der Waals surface area contributed by atoms with Crippen molar-refractivity contribution in [3.63, 3.8) is 0 Å². The quantitative estimate of drug-likeness (QED) is 0.721. The summed E-state index contributed by atoms with van der Waals surface area (Å²) in [7, 11) is 0. The molecule has 1 rings (SSSR count). The van der Waals surface area contributed by atoms with Crippen molar-refractivity contribution >= 4 is 15.9 Å². The molecule has 1 aromatic rings. The zero-order valence-corrected chi connectivity index (χ0v) is 10.2. The lowest BCUT2D eigenvalue weighted by Crippen LogP contribution is -2.20. The Labute approximate surface area is 102 Å². The maximum atomic E-state index is 13.0. The summed E-state index contributed by atoms with van der Waals surface area (Å²) in [5.41, 5.74) is 0.651. The molecule has 2 atom stereocenters. The second-order valence-electron chi connectivity index (χ2n) is 3.49. The van der Waals surface area contributed by atoms with Gasteiger partial charge < -0.3 is 15.3 Å². The van der Waals surface area contributed by atoms with Crippen LogP contribution in [0.5, 0.6) is 0 Å². The highest BCUT2D eigenvalue weighted by atomic mass is 79.9. The highest BCUT2D eigenvalue weighted by molar-refractivity contribution is 9.09. The first kappa shape index (κ1) is 13.6. The molecular weight excluding hydrogens is 279 g/mol. The van der Waals surface area contributed by atoms with Gasteiger partial charge in [-0.1, -0.05) is 22.0 Å². The van der Waals surface area contributed by atoms with Crippen molar-refractivity contribution in [3.8, 4) is 0 Å². The normalized spacial score (nSPS) is 14.8. The topological polar surface area (TPSA) is 60.7 Å². The van der Waals surface area contributed by atoms with E-state index in [0.29, 0.717) is 17.3 Å². The predicted molar refractivity (Wildman–Crippen MR) is 61.7 cm³/mol. The summed E-state index contributed by atoms with van der Waals surface area (Å²) >= 11 is 3.15. The van der Waals surface area contributed by atoms with Gasteiger partial charge in [0.15, 0.2) is 0 Å². The van der Waals surface area contributed by atoms with Crippen LogP contribution in [-0.2, 0) is 6.61 Å². The summed E-state index contributed by atoms with van der Waals surface area (Å²) in [6.07, 6.45) is -1.82. The van der Waals surface area contributed by atoms with Crippen LogP contribution in [0.4, 0.5) is 4.39 Å². The van der Waals surface area contributed by atoms with E-state index in [2.05, 4.69) is 15.9 Å². The maximum absolute atomic E-state index is 13.0. The smallest absolute Gasteiger partial charge is 0.123 e. The van der Waals surface area contributed by atoms with E-state index < -0.39 is 18.0 Å². The molecule has 0 heterocycles. The van der Waals surface area contributed by atoms with Gasteiger partial charge in [-0.15, -0.1) is 0 Å². The number of halogens is 2. The Morgan fingerprint density at radius 1 is 1.31 bits per heavy atom. The molecule has 3 nitrogen and oxygen atoms in total. The molecule has 0 bridgehead atoms.